The second kappa shape index (κ2) is 10.7. The van der Waals surface area contributed by atoms with Crippen LogP contribution in [0.15, 0.2) is 48.5 Å². The van der Waals surface area contributed by atoms with Crippen LogP contribution in [0.1, 0.15) is 49.7 Å². The van der Waals surface area contributed by atoms with Crippen LogP contribution in [0.4, 0.5) is 4.79 Å². The van der Waals surface area contributed by atoms with E-state index in [9.17, 15) is 14.4 Å². The Morgan fingerprint density at radius 1 is 1.03 bits per heavy atom. The highest BCUT2D eigenvalue weighted by atomic mass is 16.5. The lowest BCUT2D eigenvalue weighted by molar-refractivity contribution is -0.146. The monoisotopic (exact) mass is 464 g/mol. The number of aliphatic carboxylic acids is 1. The molecule has 0 saturated heterocycles. The van der Waals surface area contributed by atoms with Crippen molar-refractivity contribution < 1.29 is 24.2 Å². The van der Waals surface area contributed by atoms with E-state index in [1.54, 1.807) is 0 Å². The number of rotatable bonds is 9. The SMILES string of the molecule is CCCN(CC(=O)O)C(=O)[C@H]1CCC[C@H]1CNC(=O)OCC1c2ccccc2-c2ccccc21. The summed E-state index contributed by atoms with van der Waals surface area (Å²) < 4.78 is 5.61. The molecule has 2 amide bonds. The number of carboxylic acids is 1. The molecule has 7 nitrogen and oxygen atoms in total. The lowest BCUT2D eigenvalue weighted by Gasteiger charge is -2.27. The summed E-state index contributed by atoms with van der Waals surface area (Å²) in [4.78, 5) is 38.1. The van der Waals surface area contributed by atoms with Gasteiger partial charge in [-0.1, -0.05) is 61.9 Å². The first-order chi connectivity index (χ1) is 16.5. The number of ether oxygens (including phenoxy) is 1. The van der Waals surface area contributed by atoms with Gasteiger partial charge >= 0.3 is 12.1 Å². The second-order valence-corrected chi connectivity index (χ2v) is 9.16. The van der Waals surface area contributed by atoms with E-state index in [4.69, 9.17) is 9.84 Å². The number of carbonyl (C=O) groups excluding carboxylic acids is 2. The molecule has 0 radical (unpaired) electrons. The topological polar surface area (TPSA) is 95.9 Å². The summed E-state index contributed by atoms with van der Waals surface area (Å²) in [7, 11) is 0. The fraction of sp³-hybridized carbons (Fsp3) is 0.444. The van der Waals surface area contributed by atoms with Crippen LogP contribution in [0.5, 0.6) is 0 Å². The summed E-state index contributed by atoms with van der Waals surface area (Å²) in [5.74, 6) is -1.41. The lowest BCUT2D eigenvalue weighted by Crippen LogP contribution is -2.43. The summed E-state index contributed by atoms with van der Waals surface area (Å²) >= 11 is 0. The predicted octanol–water partition coefficient (Wildman–Crippen LogP) is 4.26. The van der Waals surface area contributed by atoms with E-state index in [1.807, 2.05) is 31.2 Å². The zero-order chi connectivity index (χ0) is 24.1. The minimum absolute atomic E-state index is 0.00224. The molecule has 2 atom stereocenters. The van der Waals surface area contributed by atoms with Crippen molar-refractivity contribution in [2.24, 2.45) is 11.8 Å². The normalized spacial score (nSPS) is 18.7. The van der Waals surface area contributed by atoms with Gasteiger partial charge in [-0.2, -0.15) is 0 Å². The number of carbonyl (C=O) groups is 3. The molecule has 4 rings (SSSR count). The van der Waals surface area contributed by atoms with Crippen molar-refractivity contribution in [3.8, 4) is 11.1 Å². The van der Waals surface area contributed by atoms with Gasteiger partial charge in [0.15, 0.2) is 0 Å². The number of benzene rings is 2. The Balaban J connectivity index is 1.33. The van der Waals surface area contributed by atoms with Crippen LogP contribution in [0.3, 0.4) is 0 Å². The number of nitrogens with one attached hydrogen (secondary N) is 1. The van der Waals surface area contributed by atoms with Crippen LogP contribution in [-0.2, 0) is 14.3 Å². The number of hydrogen-bond acceptors (Lipinski definition) is 4. The average molecular weight is 465 g/mol. The molecule has 1 saturated carbocycles. The largest absolute Gasteiger partial charge is 0.480 e. The lowest BCUT2D eigenvalue weighted by atomic mass is 9.94. The van der Waals surface area contributed by atoms with Crippen molar-refractivity contribution >= 4 is 18.0 Å². The maximum atomic E-state index is 13.0. The highest BCUT2D eigenvalue weighted by molar-refractivity contribution is 5.83. The van der Waals surface area contributed by atoms with E-state index < -0.39 is 12.1 Å². The molecule has 0 spiro atoms. The Kier molecular flexibility index (Phi) is 7.50. The molecule has 2 aromatic rings. The van der Waals surface area contributed by atoms with Gasteiger partial charge in [0.2, 0.25) is 5.91 Å². The highest BCUT2D eigenvalue weighted by Crippen LogP contribution is 2.44. The molecule has 0 heterocycles. The Hall–Kier alpha value is -3.35. The molecule has 0 aromatic heterocycles. The van der Waals surface area contributed by atoms with Gasteiger partial charge < -0.3 is 20.1 Å². The first-order valence-electron chi connectivity index (χ1n) is 12.1. The first kappa shape index (κ1) is 23.8. The number of amides is 2. The number of alkyl carbamates (subject to hydrolysis) is 1. The van der Waals surface area contributed by atoms with Crippen LogP contribution >= 0.6 is 0 Å². The third kappa shape index (κ3) is 5.08. The van der Waals surface area contributed by atoms with Gasteiger partial charge in [0.25, 0.3) is 0 Å². The van der Waals surface area contributed by atoms with Crippen molar-refractivity contribution in [1.82, 2.24) is 10.2 Å². The summed E-state index contributed by atoms with van der Waals surface area (Å²) in [6.07, 6.45) is 2.65. The van der Waals surface area contributed by atoms with Gasteiger partial charge in [0, 0.05) is 24.9 Å². The van der Waals surface area contributed by atoms with Crippen LogP contribution in [0.2, 0.25) is 0 Å². The third-order valence-corrected chi connectivity index (χ3v) is 6.96. The molecule has 2 aromatic carbocycles. The maximum absolute atomic E-state index is 13.0. The molecule has 2 N–H and O–H groups in total. The minimum Gasteiger partial charge on any atom is -0.480 e. The summed E-state index contributed by atoms with van der Waals surface area (Å²) in [5, 5.41) is 12.0. The molecule has 7 heteroatoms. The molecule has 0 unspecified atom stereocenters. The van der Waals surface area contributed by atoms with Gasteiger partial charge in [0.05, 0.1) is 0 Å². The van der Waals surface area contributed by atoms with Crippen LogP contribution in [0, 0.1) is 11.8 Å². The fourth-order valence-electron chi connectivity index (χ4n) is 5.41. The van der Waals surface area contributed by atoms with E-state index in [1.165, 1.54) is 16.0 Å². The highest BCUT2D eigenvalue weighted by Gasteiger charge is 2.36. The molecule has 1 fully saturated rings. The van der Waals surface area contributed by atoms with Gasteiger partial charge in [-0.25, -0.2) is 4.79 Å². The fourth-order valence-corrected chi connectivity index (χ4v) is 5.41. The van der Waals surface area contributed by atoms with Crippen molar-refractivity contribution in [3.05, 3.63) is 59.7 Å². The average Bonchev–Trinajstić information content (AvgIpc) is 3.43. The maximum Gasteiger partial charge on any atom is 0.407 e. The molecule has 0 aliphatic heterocycles. The van der Waals surface area contributed by atoms with E-state index in [2.05, 4.69) is 29.6 Å². The molecule has 2 aliphatic carbocycles. The van der Waals surface area contributed by atoms with E-state index in [0.29, 0.717) is 19.5 Å². The van der Waals surface area contributed by atoms with Crippen molar-refractivity contribution in [3.63, 3.8) is 0 Å². The van der Waals surface area contributed by atoms with Crippen LogP contribution in [0.25, 0.3) is 11.1 Å². The molecular weight excluding hydrogens is 432 g/mol. The van der Waals surface area contributed by atoms with Crippen molar-refractivity contribution in [2.75, 3.05) is 26.2 Å². The summed E-state index contributed by atoms with van der Waals surface area (Å²) in [5.41, 5.74) is 4.68. The van der Waals surface area contributed by atoms with Gasteiger partial charge in [-0.3, -0.25) is 9.59 Å². The second-order valence-electron chi connectivity index (χ2n) is 9.16. The Morgan fingerprint density at radius 3 is 2.29 bits per heavy atom. The zero-order valence-corrected chi connectivity index (χ0v) is 19.5. The Labute approximate surface area is 200 Å². The van der Waals surface area contributed by atoms with E-state index in [0.717, 1.165) is 30.4 Å². The molecule has 2 aliphatic rings. The molecule has 34 heavy (non-hydrogen) atoms. The van der Waals surface area contributed by atoms with Crippen LogP contribution < -0.4 is 5.32 Å². The number of hydrogen-bond donors (Lipinski definition) is 2. The van der Waals surface area contributed by atoms with E-state index in [-0.39, 0.29) is 36.8 Å². The standard InChI is InChI=1S/C27H32N2O5/c1-2-14-29(16-25(30)31)26(32)19-13-7-8-18(19)15-28-27(33)34-17-24-22-11-5-3-9-20(22)21-10-4-6-12-23(21)24/h3-6,9-12,18-19,24H,2,7-8,13-17H2,1H3,(H,28,33)(H,30,31)/t18-,19-/m0/s1. The number of fused-ring (bicyclic) bond motifs is 3. The molecule has 0 bridgehead atoms. The van der Waals surface area contributed by atoms with Gasteiger partial charge in [-0.15, -0.1) is 0 Å². The summed E-state index contributed by atoms with van der Waals surface area (Å²) in [6, 6.07) is 16.4. The first-order valence-corrected chi connectivity index (χ1v) is 12.1. The van der Waals surface area contributed by atoms with Gasteiger partial charge in [0.1, 0.15) is 13.2 Å². The van der Waals surface area contributed by atoms with E-state index >= 15 is 0 Å². The number of nitrogens with zero attached hydrogens (tertiary/aromatic N) is 1. The quantitative estimate of drug-likeness (QED) is 0.578. The Bertz CT molecular complexity index is 1010. The van der Waals surface area contributed by atoms with Crippen molar-refractivity contribution in [1.29, 1.82) is 0 Å². The van der Waals surface area contributed by atoms with Crippen LogP contribution in [-0.4, -0.2) is 54.2 Å². The van der Waals surface area contributed by atoms with Gasteiger partial charge in [-0.05, 0) is 47.4 Å². The van der Waals surface area contributed by atoms with Crippen molar-refractivity contribution in [2.45, 2.75) is 38.5 Å². The minimum atomic E-state index is -1.01. The Morgan fingerprint density at radius 2 is 1.68 bits per heavy atom. The smallest absolute Gasteiger partial charge is 0.407 e. The summed E-state index contributed by atoms with van der Waals surface area (Å²) in [6.45, 7) is 2.66. The third-order valence-electron chi connectivity index (χ3n) is 6.96. The molecular formula is C27H32N2O5. The predicted molar refractivity (Wildman–Crippen MR) is 128 cm³/mol. The number of carboxylic acid groups (broad SMARTS) is 1. The molecule has 180 valence electrons. The zero-order valence-electron chi connectivity index (χ0n) is 19.5.